The molecule has 0 amide bonds. The fourth-order valence-electron chi connectivity index (χ4n) is 2.18. The van der Waals surface area contributed by atoms with E-state index in [2.05, 4.69) is 12.1 Å². The second-order valence-electron chi connectivity index (χ2n) is 4.38. The number of aryl methyl sites for hydroxylation is 2. The minimum Gasteiger partial charge on any atom is -0.490 e. The second kappa shape index (κ2) is 4.83. The first-order chi connectivity index (χ1) is 7.65. The van der Waals surface area contributed by atoms with E-state index in [1.54, 1.807) is 0 Å². The lowest BCUT2D eigenvalue weighted by atomic mass is 10.1. The molecule has 0 heterocycles. The van der Waals surface area contributed by atoms with E-state index in [1.807, 2.05) is 13.0 Å². The maximum absolute atomic E-state index is 5.78. The average molecular weight is 235 g/mol. The lowest BCUT2D eigenvalue weighted by molar-refractivity contribution is 0.230. The lowest BCUT2D eigenvalue weighted by Crippen LogP contribution is -2.20. The number of hydrogen-bond donors (Lipinski definition) is 1. The van der Waals surface area contributed by atoms with Crippen molar-refractivity contribution in [3.8, 4) is 5.75 Å². The Morgan fingerprint density at radius 1 is 1.44 bits per heavy atom. The summed E-state index contributed by atoms with van der Waals surface area (Å²) in [6.45, 7) is 1.99. The zero-order chi connectivity index (χ0) is 11.5. The Hall–Kier alpha value is -1.09. The molecule has 0 spiro atoms. The summed E-state index contributed by atoms with van der Waals surface area (Å²) in [5.41, 5.74) is 8.39. The van der Waals surface area contributed by atoms with Crippen LogP contribution >= 0.6 is 12.2 Å². The van der Waals surface area contributed by atoms with Crippen LogP contribution in [-0.4, -0.2) is 11.1 Å². The molecule has 3 heteroatoms. The zero-order valence-corrected chi connectivity index (χ0v) is 10.3. The third-order valence-electron chi connectivity index (χ3n) is 2.90. The van der Waals surface area contributed by atoms with Crippen LogP contribution in [0.1, 0.15) is 30.9 Å². The molecule has 0 saturated carbocycles. The maximum Gasteiger partial charge on any atom is 0.120 e. The molecule has 1 aliphatic carbocycles. The molecule has 2 N–H and O–H groups in total. The fourth-order valence-corrected chi connectivity index (χ4v) is 2.41. The largest absolute Gasteiger partial charge is 0.490 e. The van der Waals surface area contributed by atoms with Gasteiger partial charge in [-0.2, -0.15) is 0 Å². The minimum atomic E-state index is 0.0527. The van der Waals surface area contributed by atoms with Crippen molar-refractivity contribution in [1.29, 1.82) is 0 Å². The quantitative estimate of drug-likeness (QED) is 0.815. The highest BCUT2D eigenvalue weighted by Gasteiger charge is 2.12. The van der Waals surface area contributed by atoms with Gasteiger partial charge in [-0.25, -0.2) is 0 Å². The van der Waals surface area contributed by atoms with Gasteiger partial charge in [-0.15, -0.1) is 0 Å². The molecular formula is C13H17NOS. The van der Waals surface area contributed by atoms with Gasteiger partial charge in [0.25, 0.3) is 0 Å². The van der Waals surface area contributed by atoms with Crippen LogP contribution in [0.5, 0.6) is 5.75 Å². The summed E-state index contributed by atoms with van der Waals surface area (Å²) in [6.07, 6.45) is 4.33. The highest BCUT2D eigenvalue weighted by molar-refractivity contribution is 7.80. The van der Waals surface area contributed by atoms with Gasteiger partial charge in [0.2, 0.25) is 0 Å². The molecule has 0 radical (unpaired) electrons. The van der Waals surface area contributed by atoms with Crippen LogP contribution < -0.4 is 10.5 Å². The Labute approximate surface area is 102 Å². The molecule has 0 bridgehead atoms. The fraction of sp³-hybridized carbons (Fsp3) is 0.462. The van der Waals surface area contributed by atoms with Crippen molar-refractivity contribution in [3.05, 3.63) is 29.3 Å². The molecule has 1 aliphatic rings. The van der Waals surface area contributed by atoms with Crippen molar-refractivity contribution in [2.24, 2.45) is 5.73 Å². The molecule has 2 nitrogen and oxygen atoms in total. The number of benzene rings is 1. The maximum atomic E-state index is 5.78. The van der Waals surface area contributed by atoms with Crippen molar-refractivity contribution in [3.63, 3.8) is 0 Å². The number of thiocarbonyl (C=S) groups is 1. The molecule has 1 atom stereocenters. The van der Waals surface area contributed by atoms with E-state index >= 15 is 0 Å². The van der Waals surface area contributed by atoms with Crippen LogP contribution in [0.15, 0.2) is 18.2 Å². The minimum absolute atomic E-state index is 0.0527. The van der Waals surface area contributed by atoms with Crippen LogP contribution in [0.25, 0.3) is 0 Å². The van der Waals surface area contributed by atoms with E-state index in [4.69, 9.17) is 22.7 Å². The first-order valence-corrected chi connectivity index (χ1v) is 6.13. The Kier molecular flexibility index (Phi) is 3.44. The van der Waals surface area contributed by atoms with E-state index in [0.717, 1.165) is 5.75 Å². The monoisotopic (exact) mass is 235 g/mol. The van der Waals surface area contributed by atoms with E-state index in [1.165, 1.54) is 30.4 Å². The molecule has 86 valence electrons. The number of hydrogen-bond acceptors (Lipinski definition) is 2. The Bertz CT molecular complexity index is 403. The molecule has 0 aromatic heterocycles. The summed E-state index contributed by atoms with van der Waals surface area (Å²) in [5.74, 6) is 0.935. The summed E-state index contributed by atoms with van der Waals surface area (Å²) < 4.78 is 5.78. The van der Waals surface area contributed by atoms with E-state index in [-0.39, 0.29) is 6.10 Å². The third kappa shape index (κ3) is 2.73. The van der Waals surface area contributed by atoms with Gasteiger partial charge < -0.3 is 10.5 Å². The number of rotatable bonds is 4. The summed E-state index contributed by atoms with van der Waals surface area (Å²) in [6, 6.07) is 6.36. The predicted octanol–water partition coefficient (Wildman–Crippen LogP) is 2.62. The van der Waals surface area contributed by atoms with Gasteiger partial charge in [-0.05, 0) is 49.4 Å². The van der Waals surface area contributed by atoms with Crippen LogP contribution in [0.4, 0.5) is 0 Å². The van der Waals surface area contributed by atoms with Crippen molar-refractivity contribution >= 4 is 17.2 Å². The van der Waals surface area contributed by atoms with Gasteiger partial charge in [0.05, 0.1) is 4.99 Å². The van der Waals surface area contributed by atoms with Crippen molar-refractivity contribution in [2.75, 3.05) is 0 Å². The van der Waals surface area contributed by atoms with Crippen molar-refractivity contribution < 1.29 is 4.74 Å². The van der Waals surface area contributed by atoms with Crippen LogP contribution in [-0.2, 0) is 12.8 Å². The Balaban J connectivity index is 2.02. The van der Waals surface area contributed by atoms with Crippen molar-refractivity contribution in [2.45, 2.75) is 38.7 Å². The molecule has 16 heavy (non-hydrogen) atoms. The zero-order valence-electron chi connectivity index (χ0n) is 9.53. The average Bonchev–Trinajstić information content (AvgIpc) is 2.63. The number of nitrogens with two attached hydrogens (primary N) is 1. The SMILES string of the molecule is CC(CC(N)=S)Oc1ccc2c(c1)CCC2. The molecular weight excluding hydrogens is 218 g/mol. The molecule has 0 fully saturated rings. The summed E-state index contributed by atoms with van der Waals surface area (Å²) in [7, 11) is 0. The van der Waals surface area contributed by atoms with Crippen LogP contribution in [0, 0.1) is 0 Å². The molecule has 1 aromatic rings. The first kappa shape index (κ1) is 11.4. The molecule has 2 rings (SSSR count). The van der Waals surface area contributed by atoms with Crippen LogP contribution in [0.3, 0.4) is 0 Å². The molecule has 1 unspecified atom stereocenters. The normalized spacial score (nSPS) is 15.6. The molecule has 0 aliphatic heterocycles. The Morgan fingerprint density at radius 2 is 2.19 bits per heavy atom. The summed E-state index contributed by atoms with van der Waals surface area (Å²) in [5, 5.41) is 0. The van der Waals surface area contributed by atoms with E-state index in [9.17, 15) is 0 Å². The van der Waals surface area contributed by atoms with Crippen molar-refractivity contribution in [1.82, 2.24) is 0 Å². The Morgan fingerprint density at radius 3 is 2.94 bits per heavy atom. The summed E-state index contributed by atoms with van der Waals surface area (Å²) >= 11 is 4.87. The number of ether oxygens (including phenoxy) is 1. The second-order valence-corrected chi connectivity index (χ2v) is 4.91. The smallest absolute Gasteiger partial charge is 0.120 e. The van der Waals surface area contributed by atoms with Crippen LogP contribution in [0.2, 0.25) is 0 Å². The highest BCUT2D eigenvalue weighted by atomic mass is 32.1. The van der Waals surface area contributed by atoms with Gasteiger partial charge in [-0.3, -0.25) is 0 Å². The molecule has 1 aromatic carbocycles. The van der Waals surface area contributed by atoms with Gasteiger partial charge in [0, 0.05) is 6.42 Å². The third-order valence-corrected chi connectivity index (χ3v) is 3.06. The first-order valence-electron chi connectivity index (χ1n) is 5.72. The molecule has 0 saturated heterocycles. The number of fused-ring (bicyclic) bond motifs is 1. The van der Waals surface area contributed by atoms with Gasteiger partial charge in [0.1, 0.15) is 11.9 Å². The standard InChI is InChI=1S/C13H17NOS/c1-9(7-13(14)16)15-12-6-5-10-3-2-4-11(10)8-12/h5-6,8-9H,2-4,7H2,1H3,(H2,14,16). The van der Waals surface area contributed by atoms with E-state index in [0.29, 0.717) is 11.4 Å². The van der Waals surface area contributed by atoms with Gasteiger partial charge >= 0.3 is 0 Å². The predicted molar refractivity (Wildman–Crippen MR) is 70.0 cm³/mol. The van der Waals surface area contributed by atoms with Gasteiger partial charge in [0.15, 0.2) is 0 Å². The van der Waals surface area contributed by atoms with Gasteiger partial charge in [-0.1, -0.05) is 18.3 Å². The highest BCUT2D eigenvalue weighted by Crippen LogP contribution is 2.26. The topological polar surface area (TPSA) is 35.2 Å². The summed E-state index contributed by atoms with van der Waals surface area (Å²) in [4.78, 5) is 0.508. The van der Waals surface area contributed by atoms with E-state index < -0.39 is 0 Å². The lowest BCUT2D eigenvalue weighted by Gasteiger charge is -2.14.